The predicted octanol–water partition coefficient (Wildman–Crippen LogP) is 1.37. The summed E-state index contributed by atoms with van der Waals surface area (Å²) in [6.45, 7) is 8.22. The summed E-state index contributed by atoms with van der Waals surface area (Å²) in [5.41, 5.74) is 3.45. The summed E-state index contributed by atoms with van der Waals surface area (Å²) >= 11 is 0. The van der Waals surface area contributed by atoms with Gasteiger partial charge in [0.2, 0.25) is 5.36 Å². The van der Waals surface area contributed by atoms with E-state index in [2.05, 4.69) is 5.32 Å². The van der Waals surface area contributed by atoms with Crippen LogP contribution >= 0.6 is 0 Å². The Morgan fingerprint density at radius 1 is 1.00 bits per heavy atom. The summed E-state index contributed by atoms with van der Waals surface area (Å²) < 4.78 is 79.0. The molecule has 1 amide bonds. The van der Waals surface area contributed by atoms with Crippen molar-refractivity contribution < 1.29 is 50.5 Å². The van der Waals surface area contributed by atoms with E-state index < -0.39 is 69.9 Å². The number of benzene rings is 3. The number of carboxylic acid groups (broad SMARTS) is 1. The van der Waals surface area contributed by atoms with E-state index in [9.17, 15) is 40.6 Å². The molecule has 13 nitrogen and oxygen atoms in total. The van der Waals surface area contributed by atoms with E-state index in [1.165, 1.54) is 24.3 Å². The third kappa shape index (κ3) is 5.84. The molecule has 2 aromatic rings. The maximum absolute atomic E-state index is 13.0. The zero-order valence-electron chi connectivity index (χ0n) is 23.4. The molecule has 2 aliphatic rings. The molecule has 0 radical (unpaired) electrons. The van der Waals surface area contributed by atoms with Crippen LogP contribution in [0.2, 0.25) is 0 Å². The molecule has 15 heteroatoms. The summed E-state index contributed by atoms with van der Waals surface area (Å²) in [7, 11) is -10.7. The normalized spacial score (nSPS) is 12.6. The smallest absolute Gasteiger partial charge is 0.336 e. The van der Waals surface area contributed by atoms with Crippen LogP contribution in [0.1, 0.15) is 48.4 Å². The van der Waals surface area contributed by atoms with Crippen LogP contribution in [0.4, 0.5) is 5.69 Å². The monoisotopic (exact) mass is 630 g/mol. The molecule has 4 rings (SSSR count). The summed E-state index contributed by atoms with van der Waals surface area (Å²) in [5.74, 6) is -2.54. The molecule has 1 heterocycles. The first-order valence-electron chi connectivity index (χ1n) is 12.7. The lowest BCUT2D eigenvalue weighted by Gasteiger charge is -2.29. The maximum Gasteiger partial charge on any atom is 0.336 e. The van der Waals surface area contributed by atoms with Crippen molar-refractivity contribution in [2.24, 2.45) is 11.3 Å². The first kappa shape index (κ1) is 31.6. The van der Waals surface area contributed by atoms with E-state index in [0.717, 1.165) is 18.2 Å². The van der Waals surface area contributed by atoms with Gasteiger partial charge in [-0.15, -0.1) is 0 Å². The van der Waals surface area contributed by atoms with Crippen LogP contribution in [-0.2, 0) is 20.2 Å². The van der Waals surface area contributed by atoms with Crippen LogP contribution in [0.3, 0.4) is 0 Å². The van der Waals surface area contributed by atoms with Crippen molar-refractivity contribution in [3.63, 3.8) is 0 Å². The van der Waals surface area contributed by atoms with Gasteiger partial charge in [0.25, 0.3) is 5.91 Å². The summed E-state index contributed by atoms with van der Waals surface area (Å²) in [5, 5.41) is 18.1. The minimum absolute atomic E-state index is 0.00549. The van der Waals surface area contributed by atoms with Gasteiger partial charge in [0.15, 0.2) is 16.2 Å². The lowest BCUT2D eigenvalue weighted by molar-refractivity contribution is -0.176. The van der Waals surface area contributed by atoms with Gasteiger partial charge in [-0.25, -0.2) is 21.6 Å². The van der Waals surface area contributed by atoms with Gasteiger partial charge >= 0.3 is 5.97 Å². The van der Waals surface area contributed by atoms with Crippen molar-refractivity contribution in [3.05, 3.63) is 58.9 Å². The van der Waals surface area contributed by atoms with E-state index in [1.54, 1.807) is 0 Å². The number of carboxylic acids is 1. The molecular weight excluding hydrogens is 602 g/mol. The molecule has 0 unspecified atom stereocenters. The van der Waals surface area contributed by atoms with Crippen LogP contribution < -0.4 is 21.8 Å². The molecule has 2 aromatic carbocycles. The Bertz CT molecular complexity index is 2060. The van der Waals surface area contributed by atoms with Crippen molar-refractivity contribution in [1.29, 1.82) is 0 Å². The molecule has 0 aromatic heterocycles. The van der Waals surface area contributed by atoms with Gasteiger partial charge in [-0.2, -0.15) is 0 Å². The largest absolute Gasteiger partial charge is 0.744 e. The van der Waals surface area contributed by atoms with Gasteiger partial charge in [-0.1, -0.05) is 33.8 Å². The average molecular weight is 631 g/mol. The summed E-state index contributed by atoms with van der Waals surface area (Å²) in [6, 6.07) is 8.36. The van der Waals surface area contributed by atoms with Gasteiger partial charge in [-0.3, -0.25) is 10.2 Å². The van der Waals surface area contributed by atoms with Gasteiger partial charge in [0.05, 0.1) is 11.3 Å². The number of carbonyl (C=O) groups excluding carboxylic acids is 1. The number of carbonyl (C=O) groups is 2. The van der Waals surface area contributed by atoms with Gasteiger partial charge in [-0.05, 0) is 47.2 Å². The van der Waals surface area contributed by atoms with Gasteiger partial charge in [0, 0.05) is 34.7 Å². The summed E-state index contributed by atoms with van der Waals surface area (Å²) in [4.78, 5) is 23.4. The number of fused-ring (bicyclic) bond motifs is 2. The van der Waals surface area contributed by atoms with E-state index in [1.807, 2.05) is 27.7 Å². The first-order chi connectivity index (χ1) is 19.8. The third-order valence-corrected chi connectivity index (χ3v) is 9.42. The first-order valence-corrected chi connectivity index (χ1v) is 15.6. The minimum atomic E-state index is -5.35. The molecule has 43 heavy (non-hydrogen) atoms. The highest BCUT2D eigenvalue weighted by atomic mass is 32.2. The van der Waals surface area contributed by atoms with Crippen LogP contribution in [-0.4, -0.2) is 49.5 Å². The van der Waals surface area contributed by atoms with Crippen LogP contribution in [0.25, 0.3) is 33.4 Å². The quantitative estimate of drug-likeness (QED) is 0.123. The number of nitrogens with two attached hydrogens (primary N) is 2. The second-order valence-corrected chi connectivity index (χ2v) is 13.6. The Balaban J connectivity index is 2.10. The molecule has 228 valence electrons. The number of hydrogen-bond donors (Lipinski definition) is 4. The highest BCUT2D eigenvalue weighted by Crippen LogP contribution is 2.45. The van der Waals surface area contributed by atoms with Crippen molar-refractivity contribution >= 4 is 48.8 Å². The van der Waals surface area contributed by atoms with E-state index in [4.69, 9.17) is 15.6 Å². The Morgan fingerprint density at radius 3 is 2.16 bits per heavy atom. The molecule has 0 fully saturated rings. The third-order valence-electron chi connectivity index (χ3n) is 7.58. The lowest BCUT2D eigenvalue weighted by atomic mass is 9.81. The standard InChI is InChI=1S/C28H29N3O10S2/c1-13(2)28(3,4)12-31-26(32)14-5-6-15(18(11-14)27(33)34)21-16-7-9-19(29)24(42(35,36)37)22(16)41-23-17(21)8-10-20(30)25(23)43(38,39)40/h5-11,13,29H,12,30H2,1-4H3,(H,31,32)(H,33,34)(H,35,36,37)(H,38,39,40)/p-1. The minimum Gasteiger partial charge on any atom is -0.744 e. The fraction of sp³-hybridized carbons (Fsp3) is 0.250. The topological polar surface area (TPSA) is 246 Å². The highest BCUT2D eigenvalue weighted by Gasteiger charge is 2.30. The number of aromatic carboxylic acids is 1. The highest BCUT2D eigenvalue weighted by molar-refractivity contribution is 7.86. The lowest BCUT2D eigenvalue weighted by Crippen LogP contribution is -2.47. The van der Waals surface area contributed by atoms with Crippen LogP contribution in [0, 0.1) is 11.3 Å². The van der Waals surface area contributed by atoms with E-state index in [-0.39, 0.29) is 39.0 Å². The number of amides is 1. The average Bonchev–Trinajstić information content (AvgIpc) is 2.88. The molecule has 0 atom stereocenters. The second-order valence-electron chi connectivity index (χ2n) is 11.0. The Kier molecular flexibility index (Phi) is 7.91. The molecule has 1 aliphatic heterocycles. The zero-order chi connectivity index (χ0) is 32.2. The molecule has 0 saturated heterocycles. The fourth-order valence-electron chi connectivity index (χ4n) is 4.50. The van der Waals surface area contributed by atoms with Gasteiger partial charge < -0.3 is 29.7 Å². The molecular formula is C28H28N3O10S2-. The Hall–Kier alpha value is -4.31. The van der Waals surface area contributed by atoms with Gasteiger partial charge in [0.1, 0.15) is 25.1 Å². The number of rotatable bonds is 8. The number of hydrogen-bond acceptors (Lipinski definition) is 10. The van der Waals surface area contributed by atoms with E-state index in [0.29, 0.717) is 6.54 Å². The predicted molar refractivity (Wildman–Crippen MR) is 152 cm³/mol. The molecule has 1 aliphatic carbocycles. The van der Waals surface area contributed by atoms with E-state index >= 15 is 0 Å². The Labute approximate surface area is 246 Å². The number of anilines is 1. The molecule has 0 spiro atoms. The molecule has 0 bridgehead atoms. The SMILES string of the molecule is CC(C)C(C)(C)CNC(=O)c1ccc(-c2c3ccc(=[NH2+])c(S(=O)(=O)[O-])c-3oc3c(S(=O)(=O)[O-])c(N)ccc23)c(C(=O)O)c1. The zero-order valence-corrected chi connectivity index (χ0v) is 25.1. The second kappa shape index (κ2) is 10.8. The fourth-order valence-corrected chi connectivity index (χ4v) is 5.97. The maximum atomic E-state index is 13.0. The van der Waals surface area contributed by atoms with Crippen molar-refractivity contribution in [3.8, 4) is 22.5 Å². The molecule has 0 saturated carbocycles. The van der Waals surface area contributed by atoms with Crippen LogP contribution in [0.15, 0.2) is 56.7 Å². The number of nitrogen functional groups attached to an aromatic ring is 1. The molecule has 6 N–H and O–H groups in total. The Morgan fingerprint density at radius 2 is 1.60 bits per heavy atom. The number of nitrogens with one attached hydrogen (secondary N) is 1. The van der Waals surface area contributed by atoms with Crippen molar-refractivity contribution in [1.82, 2.24) is 5.32 Å². The van der Waals surface area contributed by atoms with Crippen molar-refractivity contribution in [2.45, 2.75) is 37.5 Å². The van der Waals surface area contributed by atoms with Crippen LogP contribution in [0.5, 0.6) is 0 Å². The summed E-state index contributed by atoms with van der Waals surface area (Å²) in [6.07, 6.45) is 0. The van der Waals surface area contributed by atoms with Crippen molar-refractivity contribution in [2.75, 3.05) is 12.3 Å².